The molecule has 0 fully saturated rings. The van der Waals surface area contributed by atoms with Crippen molar-refractivity contribution in [3.63, 3.8) is 0 Å². The van der Waals surface area contributed by atoms with E-state index < -0.39 is 22.8 Å². The number of aliphatic carboxylic acids is 1. The average molecular weight is 296 g/mol. The molecule has 0 aliphatic carbocycles. The Morgan fingerprint density at radius 2 is 2.14 bits per heavy atom. The summed E-state index contributed by atoms with van der Waals surface area (Å²) in [6.07, 6.45) is 0.880. The molecule has 0 aromatic heterocycles. The van der Waals surface area contributed by atoms with Gasteiger partial charge in [0.2, 0.25) is 0 Å². The summed E-state index contributed by atoms with van der Waals surface area (Å²) in [5.41, 5.74) is -0.169. The van der Waals surface area contributed by atoms with Gasteiger partial charge in [0.05, 0.1) is 23.7 Å². The molecule has 0 saturated heterocycles. The molecule has 8 heteroatoms. The van der Waals surface area contributed by atoms with E-state index in [1.54, 1.807) is 6.92 Å². The molecule has 8 nitrogen and oxygen atoms in total. The van der Waals surface area contributed by atoms with E-state index in [2.05, 4.69) is 5.32 Å². The summed E-state index contributed by atoms with van der Waals surface area (Å²) in [7, 11) is 1.27. The summed E-state index contributed by atoms with van der Waals surface area (Å²) in [5, 5.41) is 22.1. The van der Waals surface area contributed by atoms with Crippen molar-refractivity contribution in [2.24, 2.45) is 0 Å². The van der Waals surface area contributed by atoms with Crippen LogP contribution >= 0.6 is 0 Å². The molecule has 0 heterocycles. The molecule has 0 saturated carbocycles. The molecule has 0 spiro atoms. The Balaban J connectivity index is 3.01. The molecule has 0 bridgehead atoms. The van der Waals surface area contributed by atoms with Crippen LogP contribution in [0.15, 0.2) is 18.2 Å². The third-order valence-electron chi connectivity index (χ3n) is 2.82. The predicted molar refractivity (Wildman–Crippen MR) is 73.4 cm³/mol. The molecule has 1 amide bonds. The Hall–Kier alpha value is -2.64. The highest BCUT2D eigenvalue weighted by Crippen LogP contribution is 2.24. The molecule has 1 atom stereocenters. The standard InChI is InChI=1S/C13H16N2O6/c1-3-4-10(13(17)18)14-12(16)9-6-5-8(15(19)20)7-11(9)21-2/h5-7,10H,3-4H2,1-2H3,(H,14,16)(H,17,18). The molecule has 114 valence electrons. The Kier molecular flexibility index (Phi) is 5.65. The Labute approximate surface area is 120 Å². The van der Waals surface area contributed by atoms with Crippen LogP contribution in [0.2, 0.25) is 0 Å². The van der Waals surface area contributed by atoms with E-state index in [4.69, 9.17) is 9.84 Å². The summed E-state index contributed by atoms with van der Waals surface area (Å²) in [4.78, 5) is 33.2. The van der Waals surface area contributed by atoms with E-state index in [0.29, 0.717) is 6.42 Å². The molecule has 0 aliphatic rings. The molecule has 1 rings (SSSR count). The van der Waals surface area contributed by atoms with Crippen LogP contribution in [0.3, 0.4) is 0 Å². The molecule has 0 aliphatic heterocycles. The maximum absolute atomic E-state index is 12.1. The highest BCUT2D eigenvalue weighted by Gasteiger charge is 2.22. The van der Waals surface area contributed by atoms with E-state index in [0.717, 1.165) is 12.1 Å². The molecule has 1 unspecified atom stereocenters. The summed E-state index contributed by atoms with van der Waals surface area (Å²) in [6.45, 7) is 1.80. The molecule has 0 radical (unpaired) electrons. The maximum atomic E-state index is 12.1. The second-order valence-electron chi connectivity index (χ2n) is 4.29. The van der Waals surface area contributed by atoms with Crippen molar-refractivity contribution in [3.05, 3.63) is 33.9 Å². The summed E-state index contributed by atoms with van der Waals surface area (Å²) < 4.78 is 4.95. The van der Waals surface area contributed by atoms with Crippen LogP contribution < -0.4 is 10.1 Å². The van der Waals surface area contributed by atoms with Gasteiger partial charge in [0.1, 0.15) is 11.8 Å². The Bertz CT molecular complexity index is 558. The number of amides is 1. The fraction of sp³-hybridized carbons (Fsp3) is 0.385. The van der Waals surface area contributed by atoms with Crippen molar-refractivity contribution in [3.8, 4) is 5.75 Å². The monoisotopic (exact) mass is 296 g/mol. The molecular weight excluding hydrogens is 280 g/mol. The van der Waals surface area contributed by atoms with Crippen LogP contribution in [0.1, 0.15) is 30.1 Å². The second-order valence-corrected chi connectivity index (χ2v) is 4.29. The minimum atomic E-state index is -1.13. The fourth-order valence-corrected chi connectivity index (χ4v) is 1.76. The smallest absolute Gasteiger partial charge is 0.326 e. The summed E-state index contributed by atoms with van der Waals surface area (Å²) >= 11 is 0. The van der Waals surface area contributed by atoms with Gasteiger partial charge in [-0.2, -0.15) is 0 Å². The number of methoxy groups -OCH3 is 1. The third kappa shape index (κ3) is 4.16. The van der Waals surface area contributed by atoms with Gasteiger partial charge >= 0.3 is 5.97 Å². The first-order valence-corrected chi connectivity index (χ1v) is 6.26. The number of benzene rings is 1. The average Bonchev–Trinajstić information content (AvgIpc) is 2.45. The first-order valence-electron chi connectivity index (χ1n) is 6.26. The number of non-ortho nitro benzene ring substituents is 1. The number of carboxylic acids is 1. The van der Waals surface area contributed by atoms with E-state index in [-0.39, 0.29) is 23.4 Å². The minimum absolute atomic E-state index is 0.0161. The van der Waals surface area contributed by atoms with Gasteiger partial charge in [0.25, 0.3) is 11.6 Å². The zero-order valence-electron chi connectivity index (χ0n) is 11.7. The summed E-state index contributed by atoms with van der Waals surface area (Å²) in [6, 6.07) is 2.50. The number of hydrogen-bond acceptors (Lipinski definition) is 5. The fourth-order valence-electron chi connectivity index (χ4n) is 1.76. The van der Waals surface area contributed by atoms with Gasteiger partial charge in [-0.1, -0.05) is 13.3 Å². The molecule has 21 heavy (non-hydrogen) atoms. The lowest BCUT2D eigenvalue weighted by Gasteiger charge is -2.14. The van der Waals surface area contributed by atoms with Gasteiger partial charge < -0.3 is 15.2 Å². The molecule has 2 N–H and O–H groups in total. The van der Waals surface area contributed by atoms with Crippen LogP contribution in [0, 0.1) is 10.1 Å². The topological polar surface area (TPSA) is 119 Å². The van der Waals surface area contributed by atoms with Crippen molar-refractivity contribution in [1.29, 1.82) is 0 Å². The first kappa shape index (κ1) is 16.4. The number of hydrogen-bond donors (Lipinski definition) is 2. The lowest BCUT2D eigenvalue weighted by atomic mass is 10.1. The zero-order valence-corrected chi connectivity index (χ0v) is 11.7. The number of ether oxygens (including phenoxy) is 1. The van der Waals surface area contributed by atoms with Gasteiger partial charge in [0, 0.05) is 6.07 Å². The van der Waals surface area contributed by atoms with Gasteiger partial charge in [-0.15, -0.1) is 0 Å². The van der Waals surface area contributed by atoms with Gasteiger partial charge in [-0.05, 0) is 12.5 Å². The van der Waals surface area contributed by atoms with Crippen molar-refractivity contribution >= 4 is 17.6 Å². The second kappa shape index (κ2) is 7.22. The van der Waals surface area contributed by atoms with Crippen LogP contribution in [0.5, 0.6) is 5.75 Å². The van der Waals surface area contributed by atoms with Gasteiger partial charge in [-0.25, -0.2) is 4.79 Å². The van der Waals surface area contributed by atoms with Crippen LogP contribution in [-0.4, -0.2) is 35.1 Å². The Morgan fingerprint density at radius 1 is 1.48 bits per heavy atom. The highest BCUT2D eigenvalue weighted by atomic mass is 16.6. The largest absolute Gasteiger partial charge is 0.496 e. The number of nitro benzene ring substituents is 1. The Morgan fingerprint density at radius 3 is 2.62 bits per heavy atom. The van der Waals surface area contributed by atoms with Gasteiger partial charge in [-0.3, -0.25) is 14.9 Å². The number of carbonyl (C=O) groups excluding carboxylic acids is 1. The SMILES string of the molecule is CCCC(NC(=O)c1ccc([N+](=O)[O-])cc1OC)C(=O)O. The molecule has 1 aromatic carbocycles. The van der Waals surface area contributed by atoms with Crippen molar-refractivity contribution in [2.75, 3.05) is 7.11 Å². The molecule has 1 aromatic rings. The lowest BCUT2D eigenvalue weighted by molar-refractivity contribution is -0.384. The first-order chi connectivity index (χ1) is 9.90. The number of rotatable bonds is 7. The normalized spacial score (nSPS) is 11.5. The predicted octanol–water partition coefficient (Wildman–Crippen LogP) is 1.59. The van der Waals surface area contributed by atoms with E-state index >= 15 is 0 Å². The van der Waals surface area contributed by atoms with Crippen molar-refractivity contribution < 1.29 is 24.4 Å². The zero-order chi connectivity index (χ0) is 16.0. The number of nitrogens with zero attached hydrogens (tertiary/aromatic N) is 1. The lowest BCUT2D eigenvalue weighted by Crippen LogP contribution is -2.40. The van der Waals surface area contributed by atoms with Crippen molar-refractivity contribution in [1.82, 2.24) is 5.32 Å². The van der Waals surface area contributed by atoms with Crippen LogP contribution in [-0.2, 0) is 4.79 Å². The van der Waals surface area contributed by atoms with E-state index in [1.165, 1.54) is 13.2 Å². The van der Waals surface area contributed by atoms with Crippen molar-refractivity contribution in [2.45, 2.75) is 25.8 Å². The number of nitrogens with one attached hydrogen (secondary N) is 1. The van der Waals surface area contributed by atoms with E-state index in [9.17, 15) is 19.7 Å². The number of carboxylic acid groups (broad SMARTS) is 1. The third-order valence-corrected chi connectivity index (χ3v) is 2.82. The number of carbonyl (C=O) groups is 2. The quantitative estimate of drug-likeness (QED) is 0.582. The summed E-state index contributed by atoms with van der Waals surface area (Å²) in [5.74, 6) is -1.77. The highest BCUT2D eigenvalue weighted by molar-refractivity contribution is 5.99. The van der Waals surface area contributed by atoms with Crippen LogP contribution in [0.4, 0.5) is 5.69 Å². The van der Waals surface area contributed by atoms with E-state index in [1.807, 2.05) is 0 Å². The molecular formula is C13H16N2O6. The van der Waals surface area contributed by atoms with Gasteiger partial charge in [0.15, 0.2) is 0 Å². The number of nitro groups is 1. The minimum Gasteiger partial charge on any atom is -0.496 e. The van der Waals surface area contributed by atoms with Crippen LogP contribution in [0.25, 0.3) is 0 Å². The maximum Gasteiger partial charge on any atom is 0.326 e.